The maximum Gasteiger partial charge on any atom is 0.147 e. The minimum absolute atomic E-state index is 0.150. The van der Waals surface area contributed by atoms with Crippen molar-refractivity contribution in [3.05, 3.63) is 0 Å². The summed E-state index contributed by atoms with van der Waals surface area (Å²) in [6.07, 6.45) is 2.37. The molecule has 0 spiro atoms. The molecule has 0 aromatic rings. The van der Waals surface area contributed by atoms with Crippen molar-refractivity contribution in [3.8, 4) is 0 Å². The molecule has 0 saturated heterocycles. The minimum atomic E-state index is -2.88. The molecule has 0 aliphatic heterocycles. The van der Waals surface area contributed by atoms with E-state index in [-0.39, 0.29) is 5.75 Å². The van der Waals surface area contributed by atoms with Gasteiger partial charge in [-0.2, -0.15) is 0 Å². The Bertz CT molecular complexity index is 210. The average Bonchev–Trinajstić information content (AvgIpc) is 1.98. The summed E-state index contributed by atoms with van der Waals surface area (Å²) in [7, 11) is -1.31. The van der Waals surface area contributed by atoms with Crippen molar-refractivity contribution in [3.63, 3.8) is 0 Å². The van der Waals surface area contributed by atoms with Crippen molar-refractivity contribution in [2.45, 2.75) is 25.4 Å². The number of hydrogen-bond donors (Lipinski definition) is 1. The zero-order valence-electron chi connectivity index (χ0n) is 8.19. The SMILES string of the molecule is COCCC(O)CCCS(C)(=O)=O. The average molecular weight is 210 g/mol. The third-order valence-corrected chi connectivity index (χ3v) is 2.74. The van der Waals surface area contributed by atoms with Crippen molar-refractivity contribution >= 4 is 9.84 Å². The fourth-order valence-corrected chi connectivity index (χ4v) is 1.67. The number of sulfone groups is 1. The van der Waals surface area contributed by atoms with E-state index in [9.17, 15) is 13.5 Å². The summed E-state index contributed by atoms with van der Waals surface area (Å²) in [5.74, 6) is 0.150. The van der Waals surface area contributed by atoms with Crippen molar-refractivity contribution < 1.29 is 18.3 Å². The Kier molecular flexibility index (Phi) is 6.28. The lowest BCUT2D eigenvalue weighted by Crippen LogP contribution is -2.12. The Morgan fingerprint density at radius 2 is 2.00 bits per heavy atom. The summed E-state index contributed by atoms with van der Waals surface area (Å²) in [4.78, 5) is 0. The first kappa shape index (κ1) is 12.9. The molecule has 1 unspecified atom stereocenters. The van der Waals surface area contributed by atoms with Gasteiger partial charge in [0, 0.05) is 25.7 Å². The highest BCUT2D eigenvalue weighted by atomic mass is 32.2. The molecule has 0 rings (SSSR count). The van der Waals surface area contributed by atoms with Crippen molar-refractivity contribution in [2.75, 3.05) is 25.7 Å². The molecule has 0 aliphatic rings. The molecule has 1 N–H and O–H groups in total. The first-order valence-electron chi connectivity index (χ1n) is 4.30. The highest BCUT2D eigenvalue weighted by Crippen LogP contribution is 2.03. The smallest absolute Gasteiger partial charge is 0.147 e. The monoisotopic (exact) mass is 210 g/mol. The van der Waals surface area contributed by atoms with Gasteiger partial charge in [0.15, 0.2) is 0 Å². The highest BCUT2D eigenvalue weighted by molar-refractivity contribution is 7.90. The largest absolute Gasteiger partial charge is 0.393 e. The third kappa shape index (κ3) is 9.79. The number of hydrogen-bond acceptors (Lipinski definition) is 4. The highest BCUT2D eigenvalue weighted by Gasteiger charge is 2.06. The molecule has 4 nitrogen and oxygen atoms in total. The molecule has 0 aromatic carbocycles. The molecule has 80 valence electrons. The van der Waals surface area contributed by atoms with E-state index in [1.54, 1.807) is 7.11 Å². The van der Waals surface area contributed by atoms with Gasteiger partial charge in [-0.15, -0.1) is 0 Å². The topological polar surface area (TPSA) is 63.6 Å². The Hall–Kier alpha value is -0.130. The Balaban J connectivity index is 3.42. The van der Waals surface area contributed by atoms with Crippen LogP contribution in [0.3, 0.4) is 0 Å². The van der Waals surface area contributed by atoms with Crippen LogP contribution in [0.4, 0.5) is 0 Å². The van der Waals surface area contributed by atoms with Gasteiger partial charge in [-0.05, 0) is 19.3 Å². The lowest BCUT2D eigenvalue weighted by molar-refractivity contribution is 0.104. The van der Waals surface area contributed by atoms with E-state index in [0.717, 1.165) is 0 Å². The molecule has 13 heavy (non-hydrogen) atoms. The second-order valence-electron chi connectivity index (χ2n) is 3.21. The zero-order chi connectivity index (χ0) is 10.3. The lowest BCUT2D eigenvalue weighted by atomic mass is 10.1. The summed E-state index contributed by atoms with van der Waals surface area (Å²) in [6, 6.07) is 0. The predicted octanol–water partition coefficient (Wildman–Crippen LogP) is 0.209. The molecule has 0 saturated carbocycles. The first-order valence-corrected chi connectivity index (χ1v) is 6.36. The number of methoxy groups -OCH3 is 1. The molecule has 0 amide bonds. The van der Waals surface area contributed by atoms with Crippen LogP contribution in [0.2, 0.25) is 0 Å². The van der Waals surface area contributed by atoms with Crippen LogP contribution in [0.15, 0.2) is 0 Å². The number of ether oxygens (including phenoxy) is 1. The van der Waals surface area contributed by atoms with Gasteiger partial charge in [-0.25, -0.2) is 8.42 Å². The molecule has 5 heteroatoms. The van der Waals surface area contributed by atoms with E-state index in [1.165, 1.54) is 6.26 Å². The van der Waals surface area contributed by atoms with Gasteiger partial charge in [0.1, 0.15) is 9.84 Å². The maximum atomic E-state index is 10.7. The molecule has 0 radical (unpaired) electrons. The van der Waals surface area contributed by atoms with Crippen LogP contribution in [0.5, 0.6) is 0 Å². The summed E-state index contributed by atoms with van der Waals surface area (Å²) in [5.41, 5.74) is 0. The van der Waals surface area contributed by atoms with Crippen LogP contribution in [0.25, 0.3) is 0 Å². The van der Waals surface area contributed by atoms with Crippen LogP contribution in [-0.2, 0) is 14.6 Å². The summed E-state index contributed by atoms with van der Waals surface area (Å²) in [6.45, 7) is 0.514. The van der Waals surface area contributed by atoms with Crippen molar-refractivity contribution in [2.24, 2.45) is 0 Å². The van der Waals surface area contributed by atoms with Crippen molar-refractivity contribution in [1.82, 2.24) is 0 Å². The van der Waals surface area contributed by atoms with E-state index in [2.05, 4.69) is 0 Å². The van der Waals surface area contributed by atoms with E-state index in [1.807, 2.05) is 0 Å². The fourth-order valence-electron chi connectivity index (χ4n) is 0.979. The zero-order valence-corrected chi connectivity index (χ0v) is 9.01. The van der Waals surface area contributed by atoms with Gasteiger partial charge in [-0.3, -0.25) is 0 Å². The van der Waals surface area contributed by atoms with Gasteiger partial charge in [0.25, 0.3) is 0 Å². The van der Waals surface area contributed by atoms with Crippen molar-refractivity contribution in [1.29, 1.82) is 0 Å². The number of aliphatic hydroxyl groups excluding tert-OH is 1. The maximum absolute atomic E-state index is 10.7. The molecule has 0 aromatic heterocycles. The second kappa shape index (κ2) is 6.34. The summed E-state index contributed by atoms with van der Waals surface area (Å²) >= 11 is 0. The van der Waals surface area contributed by atoms with Crippen LogP contribution >= 0.6 is 0 Å². The Morgan fingerprint density at radius 1 is 1.38 bits per heavy atom. The summed E-state index contributed by atoms with van der Waals surface area (Å²) < 4.78 is 26.2. The van der Waals surface area contributed by atoms with Gasteiger partial charge >= 0.3 is 0 Å². The molecule has 0 fully saturated rings. The second-order valence-corrected chi connectivity index (χ2v) is 5.47. The Labute approximate surface area is 79.8 Å². The van der Waals surface area contributed by atoms with E-state index >= 15 is 0 Å². The standard InChI is InChI=1S/C8H18O4S/c1-12-6-5-8(9)4-3-7-13(2,10)11/h8-9H,3-7H2,1-2H3. The van der Waals surface area contributed by atoms with E-state index < -0.39 is 15.9 Å². The molecule has 0 bridgehead atoms. The first-order chi connectivity index (χ1) is 5.95. The number of aliphatic hydroxyl groups is 1. The molecular weight excluding hydrogens is 192 g/mol. The molecule has 1 atom stereocenters. The van der Waals surface area contributed by atoms with Crippen LogP contribution in [0.1, 0.15) is 19.3 Å². The van der Waals surface area contributed by atoms with Crippen LogP contribution in [0, 0.1) is 0 Å². The minimum Gasteiger partial charge on any atom is -0.393 e. The quantitative estimate of drug-likeness (QED) is 0.652. The van der Waals surface area contributed by atoms with Gasteiger partial charge in [0.2, 0.25) is 0 Å². The lowest BCUT2D eigenvalue weighted by Gasteiger charge is -2.08. The van der Waals surface area contributed by atoms with Crippen LogP contribution < -0.4 is 0 Å². The normalized spacial score (nSPS) is 14.4. The van der Waals surface area contributed by atoms with Gasteiger partial charge in [-0.1, -0.05) is 0 Å². The third-order valence-electron chi connectivity index (χ3n) is 1.71. The van der Waals surface area contributed by atoms with Gasteiger partial charge < -0.3 is 9.84 Å². The fraction of sp³-hybridized carbons (Fsp3) is 1.00. The molecule has 0 aliphatic carbocycles. The number of rotatable bonds is 7. The van der Waals surface area contributed by atoms with E-state index in [0.29, 0.717) is 25.9 Å². The van der Waals surface area contributed by atoms with E-state index in [4.69, 9.17) is 4.74 Å². The molecular formula is C8H18O4S. The summed E-state index contributed by atoms with van der Waals surface area (Å²) in [5, 5.41) is 9.30. The van der Waals surface area contributed by atoms with Gasteiger partial charge in [0.05, 0.1) is 6.10 Å². The van der Waals surface area contributed by atoms with Crippen LogP contribution in [-0.4, -0.2) is 45.4 Å². The Morgan fingerprint density at radius 3 is 2.46 bits per heavy atom. The predicted molar refractivity (Wildman–Crippen MR) is 51.4 cm³/mol. The molecule has 0 heterocycles.